The molecule has 2 heterocycles. The minimum atomic E-state index is -4.51. The van der Waals surface area contributed by atoms with Crippen molar-refractivity contribution < 1.29 is 26.7 Å². The Hall–Kier alpha value is -2.49. The number of carbonyl (C=O) groups is 1. The Kier molecular flexibility index (Phi) is 5.18. The molecular formula is C17H17F5N4O. The Morgan fingerprint density at radius 1 is 1.26 bits per heavy atom. The summed E-state index contributed by atoms with van der Waals surface area (Å²) in [6.07, 6.45) is -3.92. The van der Waals surface area contributed by atoms with Crippen LogP contribution in [0.1, 0.15) is 23.5 Å². The van der Waals surface area contributed by atoms with Crippen molar-refractivity contribution in [3.63, 3.8) is 0 Å². The Morgan fingerprint density at radius 2 is 2.00 bits per heavy atom. The number of halogens is 5. The lowest BCUT2D eigenvalue weighted by Crippen LogP contribution is -2.42. The van der Waals surface area contributed by atoms with Crippen LogP contribution < -0.4 is 5.73 Å². The van der Waals surface area contributed by atoms with Crippen LogP contribution >= 0.6 is 0 Å². The molecule has 1 aliphatic rings. The molecule has 10 heteroatoms. The van der Waals surface area contributed by atoms with E-state index in [2.05, 4.69) is 4.98 Å². The number of benzene rings is 1. The van der Waals surface area contributed by atoms with Crippen molar-refractivity contribution in [3.8, 4) is 0 Å². The van der Waals surface area contributed by atoms with Crippen molar-refractivity contribution in [1.29, 1.82) is 0 Å². The zero-order chi connectivity index (χ0) is 19.8. The van der Waals surface area contributed by atoms with Gasteiger partial charge in [0.25, 0.3) is 0 Å². The maximum absolute atomic E-state index is 13.7. The lowest BCUT2D eigenvalue weighted by Gasteiger charge is -2.29. The molecule has 0 aliphatic carbocycles. The van der Waals surface area contributed by atoms with Gasteiger partial charge < -0.3 is 15.2 Å². The minimum Gasteiger partial charge on any atom is -0.333 e. The highest BCUT2D eigenvalue weighted by Gasteiger charge is 2.37. The number of hydrogen-bond acceptors (Lipinski definition) is 3. The van der Waals surface area contributed by atoms with Crippen molar-refractivity contribution in [3.05, 3.63) is 53.1 Å². The first-order valence-corrected chi connectivity index (χ1v) is 8.24. The number of nitrogens with two attached hydrogens (primary N) is 1. The van der Waals surface area contributed by atoms with Crippen molar-refractivity contribution in [1.82, 2.24) is 14.5 Å². The van der Waals surface area contributed by atoms with Crippen LogP contribution in [-0.4, -0.2) is 32.9 Å². The molecule has 1 aliphatic heterocycles. The molecular weight excluding hydrogens is 371 g/mol. The standard InChI is InChI=1S/C17H17F5N4O/c18-11-1-2-13(19)10(5-11)6-12(23)7-16(27)25-3-4-26-14(17(20,21)22)8-24-15(26)9-25/h1-2,5,8,12H,3-4,6-7,9,23H2/t12-/m1/s1. The monoisotopic (exact) mass is 388 g/mol. The summed E-state index contributed by atoms with van der Waals surface area (Å²) in [5.41, 5.74) is 5.11. The first-order valence-electron chi connectivity index (χ1n) is 8.24. The maximum Gasteiger partial charge on any atom is 0.433 e. The van der Waals surface area contributed by atoms with Crippen LogP contribution in [0.2, 0.25) is 0 Å². The molecule has 1 atom stereocenters. The highest BCUT2D eigenvalue weighted by atomic mass is 19.4. The molecule has 3 rings (SSSR count). The van der Waals surface area contributed by atoms with Gasteiger partial charge in [-0.3, -0.25) is 4.79 Å². The number of amides is 1. The molecule has 2 aromatic rings. The number of hydrogen-bond donors (Lipinski definition) is 1. The normalized spacial score (nSPS) is 15.6. The highest BCUT2D eigenvalue weighted by molar-refractivity contribution is 5.77. The SMILES string of the molecule is N[C@@H](CC(=O)N1CCn2c(C(F)(F)F)cnc2C1)Cc1cc(F)ccc1F. The van der Waals surface area contributed by atoms with Gasteiger partial charge in [-0.2, -0.15) is 13.2 Å². The molecule has 27 heavy (non-hydrogen) atoms. The van der Waals surface area contributed by atoms with E-state index >= 15 is 0 Å². The van der Waals surface area contributed by atoms with Crippen LogP contribution in [0.25, 0.3) is 0 Å². The van der Waals surface area contributed by atoms with Gasteiger partial charge in [0.1, 0.15) is 23.2 Å². The van der Waals surface area contributed by atoms with Gasteiger partial charge in [0.15, 0.2) is 0 Å². The number of fused-ring (bicyclic) bond motifs is 1. The van der Waals surface area contributed by atoms with Gasteiger partial charge in [0, 0.05) is 25.6 Å². The van der Waals surface area contributed by atoms with Crippen LogP contribution in [0.4, 0.5) is 22.0 Å². The zero-order valence-corrected chi connectivity index (χ0v) is 14.1. The molecule has 1 aromatic heterocycles. The Balaban J connectivity index is 1.62. The zero-order valence-electron chi connectivity index (χ0n) is 14.1. The Bertz CT molecular complexity index is 848. The Morgan fingerprint density at radius 3 is 2.70 bits per heavy atom. The first kappa shape index (κ1) is 19.3. The third-order valence-electron chi connectivity index (χ3n) is 4.43. The third kappa shape index (κ3) is 4.26. The van der Waals surface area contributed by atoms with E-state index in [4.69, 9.17) is 5.73 Å². The second kappa shape index (κ2) is 7.26. The predicted molar refractivity (Wildman–Crippen MR) is 85.3 cm³/mol. The average Bonchev–Trinajstić information content (AvgIpc) is 3.01. The maximum atomic E-state index is 13.7. The van der Waals surface area contributed by atoms with Crippen LogP contribution in [0.15, 0.2) is 24.4 Å². The van der Waals surface area contributed by atoms with E-state index < -0.39 is 29.5 Å². The van der Waals surface area contributed by atoms with Gasteiger partial charge in [0.2, 0.25) is 5.91 Å². The van der Waals surface area contributed by atoms with Crippen LogP contribution in [0.3, 0.4) is 0 Å². The second-order valence-corrected chi connectivity index (χ2v) is 6.43. The quantitative estimate of drug-likeness (QED) is 0.819. The number of carbonyl (C=O) groups excluding carboxylic acids is 1. The van der Waals surface area contributed by atoms with Gasteiger partial charge in [0.05, 0.1) is 12.7 Å². The van der Waals surface area contributed by atoms with E-state index in [1.165, 1.54) is 4.90 Å². The summed E-state index contributed by atoms with van der Waals surface area (Å²) in [7, 11) is 0. The van der Waals surface area contributed by atoms with Gasteiger partial charge in [-0.1, -0.05) is 0 Å². The fraction of sp³-hybridized carbons (Fsp3) is 0.412. The van der Waals surface area contributed by atoms with Gasteiger partial charge in [-0.25, -0.2) is 13.8 Å². The van der Waals surface area contributed by atoms with Crippen molar-refractivity contribution in [2.45, 2.75) is 38.1 Å². The summed E-state index contributed by atoms with van der Waals surface area (Å²) in [6.45, 7) is 0.00591. The van der Waals surface area contributed by atoms with E-state index in [0.29, 0.717) is 0 Å². The predicted octanol–water partition coefficient (Wildman–Crippen LogP) is 2.48. The summed E-state index contributed by atoms with van der Waals surface area (Å²) in [4.78, 5) is 17.5. The van der Waals surface area contributed by atoms with Crippen LogP contribution in [0, 0.1) is 11.6 Å². The number of aromatic nitrogens is 2. The van der Waals surface area contributed by atoms with E-state index in [1.807, 2.05) is 0 Å². The molecule has 146 valence electrons. The van der Waals surface area contributed by atoms with Gasteiger partial charge in [-0.05, 0) is 30.2 Å². The third-order valence-corrected chi connectivity index (χ3v) is 4.43. The molecule has 2 N–H and O–H groups in total. The lowest BCUT2D eigenvalue weighted by atomic mass is 10.0. The van der Waals surface area contributed by atoms with Crippen LogP contribution in [0.5, 0.6) is 0 Å². The highest BCUT2D eigenvalue weighted by Crippen LogP contribution is 2.31. The molecule has 0 fully saturated rings. The van der Waals surface area contributed by atoms with Gasteiger partial charge in [-0.15, -0.1) is 0 Å². The molecule has 5 nitrogen and oxygen atoms in total. The van der Waals surface area contributed by atoms with Crippen molar-refractivity contribution >= 4 is 5.91 Å². The average molecular weight is 388 g/mol. The molecule has 0 saturated heterocycles. The fourth-order valence-electron chi connectivity index (χ4n) is 3.11. The van der Waals surface area contributed by atoms with Crippen LogP contribution in [-0.2, 0) is 30.5 Å². The van der Waals surface area contributed by atoms with Crippen molar-refractivity contribution in [2.75, 3.05) is 6.54 Å². The summed E-state index contributed by atoms with van der Waals surface area (Å²) in [5.74, 6) is -1.44. The summed E-state index contributed by atoms with van der Waals surface area (Å²) in [6, 6.07) is 2.25. The second-order valence-electron chi connectivity index (χ2n) is 6.43. The number of nitrogens with zero attached hydrogens (tertiary/aromatic N) is 3. The first-order chi connectivity index (χ1) is 12.6. The van der Waals surface area contributed by atoms with Gasteiger partial charge >= 0.3 is 6.18 Å². The van der Waals surface area contributed by atoms with E-state index in [9.17, 15) is 26.7 Å². The number of rotatable bonds is 4. The van der Waals surface area contributed by atoms with E-state index in [-0.39, 0.29) is 49.8 Å². The largest absolute Gasteiger partial charge is 0.433 e. The topological polar surface area (TPSA) is 64.2 Å². The molecule has 0 saturated carbocycles. The minimum absolute atomic E-state index is 0.0241. The summed E-state index contributed by atoms with van der Waals surface area (Å²) in [5, 5.41) is 0. The molecule has 0 unspecified atom stereocenters. The smallest absolute Gasteiger partial charge is 0.333 e. The fourth-order valence-corrected chi connectivity index (χ4v) is 3.11. The summed E-state index contributed by atoms with van der Waals surface area (Å²) < 4.78 is 66.6. The molecule has 1 aromatic carbocycles. The molecule has 1 amide bonds. The van der Waals surface area contributed by atoms with E-state index in [0.717, 1.165) is 29.0 Å². The number of imidazole rings is 1. The van der Waals surface area contributed by atoms with Crippen molar-refractivity contribution in [2.24, 2.45) is 5.73 Å². The molecule has 0 spiro atoms. The number of alkyl halides is 3. The molecule has 0 radical (unpaired) electrons. The lowest BCUT2D eigenvalue weighted by molar-refractivity contribution is -0.144. The Labute approximate surface area is 151 Å². The summed E-state index contributed by atoms with van der Waals surface area (Å²) >= 11 is 0. The molecule has 0 bridgehead atoms. The van der Waals surface area contributed by atoms with E-state index in [1.54, 1.807) is 0 Å².